The van der Waals surface area contributed by atoms with Crippen LogP contribution in [-0.2, 0) is 6.61 Å². The van der Waals surface area contributed by atoms with E-state index in [0.717, 1.165) is 21.3 Å². The molecule has 0 radical (unpaired) electrons. The van der Waals surface area contributed by atoms with E-state index in [-0.39, 0.29) is 0 Å². The van der Waals surface area contributed by atoms with E-state index in [1.165, 1.54) is 5.56 Å². The van der Waals surface area contributed by atoms with Crippen LogP contribution in [0.15, 0.2) is 76.3 Å². The fourth-order valence-corrected chi connectivity index (χ4v) is 3.15. The Morgan fingerprint density at radius 3 is 2.59 bits per heavy atom. The molecule has 3 aromatic carbocycles. The number of hydrogen-bond acceptors (Lipinski definition) is 4. The number of methoxy groups -OCH3 is 1. The molecule has 138 valence electrons. The number of halogens is 1. The van der Waals surface area contributed by atoms with E-state index in [1.807, 2.05) is 73.7 Å². The van der Waals surface area contributed by atoms with E-state index < -0.39 is 0 Å². The minimum atomic E-state index is 0.470. The Bertz CT molecular complexity index is 927. The first-order chi connectivity index (χ1) is 13.2. The molecular formula is C22H21BrN2O2. The van der Waals surface area contributed by atoms with Gasteiger partial charge in [0.2, 0.25) is 0 Å². The first kappa shape index (κ1) is 19.0. The summed E-state index contributed by atoms with van der Waals surface area (Å²) < 4.78 is 12.3. The number of rotatable bonds is 7. The molecule has 0 aliphatic carbocycles. The first-order valence-corrected chi connectivity index (χ1v) is 9.35. The van der Waals surface area contributed by atoms with Crippen LogP contribution in [0.1, 0.15) is 16.7 Å². The number of aryl methyl sites for hydroxylation is 1. The van der Waals surface area contributed by atoms with Gasteiger partial charge in [0.15, 0.2) is 11.5 Å². The smallest absolute Gasteiger partial charge is 0.175 e. The third-order valence-electron chi connectivity index (χ3n) is 3.90. The number of nitrogens with one attached hydrogen (secondary N) is 1. The Hall–Kier alpha value is -2.79. The Balaban J connectivity index is 1.72. The molecular weight excluding hydrogens is 404 g/mol. The Morgan fingerprint density at radius 2 is 1.85 bits per heavy atom. The van der Waals surface area contributed by atoms with Gasteiger partial charge in [-0.15, -0.1) is 0 Å². The van der Waals surface area contributed by atoms with Crippen LogP contribution in [0.25, 0.3) is 0 Å². The molecule has 5 heteroatoms. The molecule has 3 rings (SSSR count). The summed E-state index contributed by atoms with van der Waals surface area (Å²) in [6, 6.07) is 21.9. The normalized spacial score (nSPS) is 10.8. The van der Waals surface area contributed by atoms with Crippen LogP contribution in [0.2, 0.25) is 0 Å². The predicted molar refractivity (Wildman–Crippen MR) is 114 cm³/mol. The summed E-state index contributed by atoms with van der Waals surface area (Å²) in [5, 5.41) is 4.30. The van der Waals surface area contributed by atoms with E-state index >= 15 is 0 Å². The van der Waals surface area contributed by atoms with Crippen molar-refractivity contribution in [1.82, 2.24) is 0 Å². The van der Waals surface area contributed by atoms with Crippen LogP contribution in [0.5, 0.6) is 11.5 Å². The van der Waals surface area contributed by atoms with Crippen LogP contribution < -0.4 is 14.9 Å². The minimum absolute atomic E-state index is 0.470. The molecule has 0 spiro atoms. The third-order valence-corrected chi connectivity index (χ3v) is 4.49. The molecule has 0 aliphatic rings. The van der Waals surface area contributed by atoms with E-state index in [0.29, 0.717) is 18.1 Å². The minimum Gasteiger partial charge on any atom is -0.493 e. The fraction of sp³-hybridized carbons (Fsp3) is 0.136. The average molecular weight is 425 g/mol. The maximum atomic E-state index is 5.95. The van der Waals surface area contributed by atoms with Crippen LogP contribution in [-0.4, -0.2) is 13.3 Å². The number of hydrazone groups is 1. The summed E-state index contributed by atoms with van der Waals surface area (Å²) in [5.74, 6) is 1.32. The first-order valence-electron chi connectivity index (χ1n) is 8.55. The Morgan fingerprint density at radius 1 is 1.04 bits per heavy atom. The molecule has 0 fully saturated rings. The molecule has 0 saturated heterocycles. The van der Waals surface area contributed by atoms with Gasteiger partial charge in [-0.3, -0.25) is 5.43 Å². The van der Waals surface area contributed by atoms with Crippen LogP contribution >= 0.6 is 15.9 Å². The molecule has 3 aromatic rings. The topological polar surface area (TPSA) is 42.8 Å². The van der Waals surface area contributed by atoms with Crippen molar-refractivity contribution in [1.29, 1.82) is 0 Å². The number of anilines is 1. The van der Waals surface area contributed by atoms with Crippen molar-refractivity contribution in [2.75, 3.05) is 12.5 Å². The van der Waals surface area contributed by atoms with Gasteiger partial charge < -0.3 is 9.47 Å². The van der Waals surface area contributed by atoms with Crippen molar-refractivity contribution in [3.63, 3.8) is 0 Å². The van der Waals surface area contributed by atoms with Gasteiger partial charge in [-0.1, -0.05) is 42.5 Å². The van der Waals surface area contributed by atoms with Crippen molar-refractivity contribution in [3.8, 4) is 11.5 Å². The summed E-state index contributed by atoms with van der Waals surface area (Å²) in [7, 11) is 1.63. The summed E-state index contributed by atoms with van der Waals surface area (Å²) in [6.07, 6.45) is 1.75. The summed E-state index contributed by atoms with van der Waals surface area (Å²) >= 11 is 3.57. The highest BCUT2D eigenvalue weighted by Gasteiger charge is 2.11. The van der Waals surface area contributed by atoms with Gasteiger partial charge in [-0.25, -0.2) is 0 Å². The number of hydrogen-bond donors (Lipinski definition) is 1. The second-order valence-corrected chi connectivity index (χ2v) is 6.90. The molecule has 0 aromatic heterocycles. The largest absolute Gasteiger partial charge is 0.493 e. The average Bonchev–Trinajstić information content (AvgIpc) is 2.67. The fourth-order valence-electron chi connectivity index (χ4n) is 2.58. The van der Waals surface area contributed by atoms with E-state index in [2.05, 4.69) is 26.5 Å². The van der Waals surface area contributed by atoms with Gasteiger partial charge in [-0.05, 0) is 63.8 Å². The number of nitrogens with zero attached hydrogens (tertiary/aromatic N) is 1. The van der Waals surface area contributed by atoms with Crippen molar-refractivity contribution < 1.29 is 9.47 Å². The molecule has 0 unspecified atom stereocenters. The van der Waals surface area contributed by atoms with Gasteiger partial charge in [0.1, 0.15) is 6.61 Å². The van der Waals surface area contributed by atoms with Gasteiger partial charge in [0.05, 0.1) is 23.5 Å². The molecule has 0 aliphatic heterocycles. The SMILES string of the molecule is COc1cc(/C=N\Nc2cccc(C)c2)cc(Br)c1OCc1ccccc1. The highest BCUT2D eigenvalue weighted by Crippen LogP contribution is 2.36. The monoisotopic (exact) mass is 424 g/mol. The maximum Gasteiger partial charge on any atom is 0.175 e. The molecule has 0 bridgehead atoms. The predicted octanol–water partition coefficient (Wildman–Crippen LogP) is 5.79. The molecule has 27 heavy (non-hydrogen) atoms. The molecule has 0 heterocycles. The lowest BCUT2D eigenvalue weighted by Crippen LogP contribution is -2.00. The van der Waals surface area contributed by atoms with Gasteiger partial charge in [0, 0.05) is 0 Å². The third kappa shape index (κ3) is 5.34. The molecule has 0 amide bonds. The summed E-state index contributed by atoms with van der Waals surface area (Å²) in [4.78, 5) is 0. The standard InChI is InChI=1S/C22H21BrN2O2/c1-16-7-6-10-19(11-16)25-24-14-18-12-20(23)22(21(13-18)26-2)27-15-17-8-4-3-5-9-17/h3-14,25H,15H2,1-2H3/b24-14-. The highest BCUT2D eigenvalue weighted by molar-refractivity contribution is 9.10. The zero-order chi connectivity index (χ0) is 19.1. The van der Waals surface area contributed by atoms with Crippen molar-refractivity contribution in [2.45, 2.75) is 13.5 Å². The van der Waals surface area contributed by atoms with Crippen molar-refractivity contribution in [3.05, 3.63) is 87.9 Å². The lowest BCUT2D eigenvalue weighted by atomic mass is 10.2. The van der Waals surface area contributed by atoms with Crippen LogP contribution in [0.3, 0.4) is 0 Å². The second kappa shape index (κ2) is 9.24. The lowest BCUT2D eigenvalue weighted by Gasteiger charge is -2.13. The highest BCUT2D eigenvalue weighted by atomic mass is 79.9. The quantitative estimate of drug-likeness (QED) is 0.385. The Kier molecular flexibility index (Phi) is 6.49. The van der Waals surface area contributed by atoms with Crippen molar-refractivity contribution >= 4 is 27.8 Å². The lowest BCUT2D eigenvalue weighted by molar-refractivity contribution is 0.282. The van der Waals surface area contributed by atoms with Crippen LogP contribution in [0.4, 0.5) is 5.69 Å². The maximum absolute atomic E-state index is 5.95. The van der Waals surface area contributed by atoms with E-state index in [4.69, 9.17) is 9.47 Å². The van der Waals surface area contributed by atoms with Gasteiger partial charge in [0.25, 0.3) is 0 Å². The van der Waals surface area contributed by atoms with Gasteiger partial charge >= 0.3 is 0 Å². The number of ether oxygens (including phenoxy) is 2. The van der Waals surface area contributed by atoms with E-state index in [1.54, 1.807) is 13.3 Å². The van der Waals surface area contributed by atoms with Crippen LogP contribution in [0, 0.1) is 6.92 Å². The summed E-state index contributed by atoms with van der Waals surface area (Å²) in [5.41, 5.74) is 7.15. The number of benzene rings is 3. The zero-order valence-corrected chi connectivity index (χ0v) is 16.9. The molecule has 0 atom stereocenters. The Labute approximate surface area is 168 Å². The van der Waals surface area contributed by atoms with E-state index in [9.17, 15) is 0 Å². The zero-order valence-electron chi connectivity index (χ0n) is 15.3. The van der Waals surface area contributed by atoms with Gasteiger partial charge in [-0.2, -0.15) is 5.10 Å². The summed E-state index contributed by atoms with van der Waals surface area (Å²) in [6.45, 7) is 2.52. The second-order valence-electron chi connectivity index (χ2n) is 6.05. The molecule has 4 nitrogen and oxygen atoms in total. The molecule has 0 saturated carbocycles. The van der Waals surface area contributed by atoms with Crippen molar-refractivity contribution in [2.24, 2.45) is 5.10 Å². The molecule has 1 N–H and O–H groups in total.